The van der Waals surface area contributed by atoms with Crippen LogP contribution < -0.4 is 0 Å². The van der Waals surface area contributed by atoms with Gasteiger partial charge in [-0.25, -0.2) is 4.79 Å². The normalized spacial score (nSPS) is 10.8. The molecule has 0 N–H and O–H groups in total. The van der Waals surface area contributed by atoms with Crippen molar-refractivity contribution in [1.82, 2.24) is 14.8 Å². The molecule has 0 radical (unpaired) electrons. The number of esters is 1. The van der Waals surface area contributed by atoms with Crippen LogP contribution in [-0.4, -0.2) is 27.8 Å². The van der Waals surface area contributed by atoms with Crippen LogP contribution in [0.4, 0.5) is 0 Å². The average Bonchev–Trinajstić information content (AvgIpc) is 3.41. The van der Waals surface area contributed by atoms with Gasteiger partial charge in [-0.15, -0.1) is 21.5 Å². The maximum atomic E-state index is 11.8. The summed E-state index contributed by atoms with van der Waals surface area (Å²) in [5.41, 5.74) is 3.78. The van der Waals surface area contributed by atoms with Crippen molar-refractivity contribution >= 4 is 29.1 Å². The molecular weight excluding hydrogens is 402 g/mol. The molecule has 7 heteroatoms. The SMILES string of the molecule is COC(=O)c1cccc(CSc2nnc(-c3cccs3)n2-c2cccc(C)c2)c1. The monoisotopic (exact) mass is 421 g/mol. The van der Waals surface area contributed by atoms with E-state index in [0.717, 1.165) is 27.1 Å². The molecule has 0 bridgehead atoms. The Kier molecular flexibility index (Phi) is 5.78. The quantitative estimate of drug-likeness (QED) is 0.309. The van der Waals surface area contributed by atoms with E-state index in [2.05, 4.69) is 46.0 Å². The van der Waals surface area contributed by atoms with Crippen molar-refractivity contribution in [2.75, 3.05) is 7.11 Å². The minimum Gasteiger partial charge on any atom is -0.465 e. The number of aromatic nitrogens is 3. The number of methoxy groups -OCH3 is 1. The molecule has 2 aromatic heterocycles. The second-order valence-corrected chi connectivity index (χ2v) is 8.33. The van der Waals surface area contributed by atoms with Crippen LogP contribution in [0, 0.1) is 6.92 Å². The Labute approximate surface area is 177 Å². The Bertz CT molecular complexity index is 1140. The van der Waals surface area contributed by atoms with Crippen LogP contribution in [0.2, 0.25) is 0 Å². The summed E-state index contributed by atoms with van der Waals surface area (Å²) in [6.07, 6.45) is 0. The fraction of sp³-hybridized carbons (Fsp3) is 0.136. The number of thioether (sulfide) groups is 1. The Morgan fingerprint density at radius 3 is 2.72 bits per heavy atom. The molecule has 0 aliphatic carbocycles. The van der Waals surface area contributed by atoms with Crippen LogP contribution in [0.15, 0.2) is 71.2 Å². The van der Waals surface area contributed by atoms with Gasteiger partial charge in [-0.2, -0.15) is 0 Å². The molecule has 146 valence electrons. The fourth-order valence-electron chi connectivity index (χ4n) is 2.98. The van der Waals surface area contributed by atoms with E-state index in [9.17, 15) is 4.79 Å². The summed E-state index contributed by atoms with van der Waals surface area (Å²) < 4.78 is 6.91. The molecule has 2 heterocycles. The fourth-order valence-corrected chi connectivity index (χ4v) is 4.58. The van der Waals surface area contributed by atoms with Gasteiger partial charge < -0.3 is 4.74 Å². The van der Waals surface area contributed by atoms with Crippen LogP contribution in [0.1, 0.15) is 21.5 Å². The highest BCUT2D eigenvalue weighted by Crippen LogP contribution is 2.32. The maximum absolute atomic E-state index is 11.8. The van der Waals surface area contributed by atoms with Gasteiger partial charge in [0.05, 0.1) is 23.2 Å². The van der Waals surface area contributed by atoms with Crippen LogP contribution in [0.5, 0.6) is 0 Å². The first-order chi connectivity index (χ1) is 14.2. The highest BCUT2D eigenvalue weighted by molar-refractivity contribution is 7.98. The van der Waals surface area contributed by atoms with Gasteiger partial charge in [0.2, 0.25) is 0 Å². The molecular formula is C22H19N3O2S2. The number of ether oxygens (including phenoxy) is 1. The Balaban J connectivity index is 1.67. The van der Waals surface area contributed by atoms with Crippen molar-refractivity contribution in [3.63, 3.8) is 0 Å². The third-order valence-electron chi connectivity index (χ3n) is 4.35. The lowest BCUT2D eigenvalue weighted by atomic mass is 10.1. The van der Waals surface area contributed by atoms with Crippen LogP contribution in [0.3, 0.4) is 0 Å². The predicted molar refractivity (Wildman–Crippen MR) is 117 cm³/mol. The maximum Gasteiger partial charge on any atom is 0.337 e. The van der Waals surface area contributed by atoms with Gasteiger partial charge in [-0.05, 0) is 53.8 Å². The largest absolute Gasteiger partial charge is 0.465 e. The van der Waals surface area contributed by atoms with E-state index in [1.54, 1.807) is 29.2 Å². The molecule has 5 nitrogen and oxygen atoms in total. The van der Waals surface area contributed by atoms with Crippen molar-refractivity contribution < 1.29 is 9.53 Å². The first-order valence-corrected chi connectivity index (χ1v) is 10.9. The van der Waals surface area contributed by atoms with Crippen molar-refractivity contribution in [2.45, 2.75) is 17.8 Å². The summed E-state index contributed by atoms with van der Waals surface area (Å²) >= 11 is 3.23. The van der Waals surface area contributed by atoms with Crippen LogP contribution >= 0.6 is 23.1 Å². The smallest absolute Gasteiger partial charge is 0.337 e. The van der Waals surface area contributed by atoms with Gasteiger partial charge in [0, 0.05) is 5.75 Å². The molecule has 0 aliphatic heterocycles. The summed E-state index contributed by atoms with van der Waals surface area (Å²) in [5.74, 6) is 1.16. The highest BCUT2D eigenvalue weighted by Gasteiger charge is 2.17. The van der Waals surface area contributed by atoms with Gasteiger partial charge in [-0.1, -0.05) is 42.1 Å². The van der Waals surface area contributed by atoms with E-state index in [4.69, 9.17) is 4.74 Å². The van der Waals surface area contributed by atoms with E-state index in [-0.39, 0.29) is 5.97 Å². The summed E-state index contributed by atoms with van der Waals surface area (Å²) in [6, 6.07) is 19.8. The van der Waals surface area contributed by atoms with Gasteiger partial charge in [0.1, 0.15) is 0 Å². The number of hydrogen-bond acceptors (Lipinski definition) is 6. The molecule has 29 heavy (non-hydrogen) atoms. The van der Waals surface area contributed by atoms with Crippen LogP contribution in [0.25, 0.3) is 16.4 Å². The number of benzene rings is 2. The molecule has 4 aromatic rings. The summed E-state index contributed by atoms with van der Waals surface area (Å²) in [7, 11) is 1.39. The van der Waals surface area contributed by atoms with E-state index in [1.165, 1.54) is 12.7 Å². The molecule has 0 saturated carbocycles. The third kappa shape index (κ3) is 4.26. The molecule has 0 atom stereocenters. The lowest BCUT2D eigenvalue weighted by Crippen LogP contribution is -2.02. The second-order valence-electron chi connectivity index (χ2n) is 6.44. The first kappa shape index (κ1) is 19.4. The zero-order chi connectivity index (χ0) is 20.2. The van der Waals surface area contributed by atoms with Crippen molar-refractivity contribution in [1.29, 1.82) is 0 Å². The summed E-state index contributed by atoms with van der Waals surface area (Å²) in [4.78, 5) is 12.9. The molecule has 0 amide bonds. The van der Waals surface area contributed by atoms with E-state index in [0.29, 0.717) is 11.3 Å². The Morgan fingerprint density at radius 1 is 1.10 bits per heavy atom. The highest BCUT2D eigenvalue weighted by atomic mass is 32.2. The summed E-state index contributed by atoms with van der Waals surface area (Å²) in [6.45, 7) is 2.07. The third-order valence-corrected chi connectivity index (χ3v) is 6.22. The van der Waals surface area contributed by atoms with E-state index < -0.39 is 0 Å². The first-order valence-electron chi connectivity index (χ1n) is 9.02. The molecule has 0 unspecified atom stereocenters. The zero-order valence-corrected chi connectivity index (χ0v) is 17.7. The molecule has 0 fully saturated rings. The molecule has 2 aromatic carbocycles. The number of carbonyl (C=O) groups excluding carboxylic acids is 1. The minimum atomic E-state index is -0.334. The average molecular weight is 422 g/mol. The lowest BCUT2D eigenvalue weighted by molar-refractivity contribution is 0.0600. The standard InChI is InChI=1S/C22H19N3O2S2/c1-15-6-3-9-18(12-15)25-20(19-10-5-11-28-19)23-24-22(25)29-14-16-7-4-8-17(13-16)21(26)27-2/h3-13H,14H2,1-2H3. The van der Waals surface area contributed by atoms with E-state index in [1.807, 2.05) is 35.7 Å². The number of hydrogen-bond donors (Lipinski definition) is 0. The predicted octanol–water partition coefficient (Wildman–Crippen LogP) is 5.38. The Morgan fingerprint density at radius 2 is 1.97 bits per heavy atom. The molecule has 4 rings (SSSR count). The number of aryl methyl sites for hydroxylation is 1. The van der Waals surface area contributed by atoms with Crippen LogP contribution in [-0.2, 0) is 10.5 Å². The Hall–Kier alpha value is -2.90. The number of carbonyl (C=O) groups is 1. The topological polar surface area (TPSA) is 57.0 Å². The zero-order valence-electron chi connectivity index (χ0n) is 16.0. The number of rotatable bonds is 6. The molecule has 0 spiro atoms. The summed E-state index contributed by atoms with van der Waals surface area (Å²) in [5, 5.41) is 11.8. The lowest BCUT2D eigenvalue weighted by Gasteiger charge is -2.10. The van der Waals surface area contributed by atoms with Gasteiger partial charge in [0.15, 0.2) is 11.0 Å². The number of nitrogens with zero attached hydrogens (tertiary/aromatic N) is 3. The van der Waals surface area contributed by atoms with Gasteiger partial charge >= 0.3 is 5.97 Å². The van der Waals surface area contributed by atoms with Crippen molar-refractivity contribution in [3.8, 4) is 16.4 Å². The number of thiophene rings is 1. The van der Waals surface area contributed by atoms with Crippen molar-refractivity contribution in [2.24, 2.45) is 0 Å². The van der Waals surface area contributed by atoms with Gasteiger partial charge in [0.25, 0.3) is 0 Å². The van der Waals surface area contributed by atoms with Crippen molar-refractivity contribution in [3.05, 3.63) is 82.7 Å². The minimum absolute atomic E-state index is 0.334. The van der Waals surface area contributed by atoms with E-state index >= 15 is 0 Å². The molecule has 0 aliphatic rings. The molecule has 0 saturated heterocycles. The second kappa shape index (κ2) is 8.63. The van der Waals surface area contributed by atoms with Gasteiger partial charge in [-0.3, -0.25) is 4.57 Å².